The molecule has 0 bridgehead atoms. The van der Waals surface area contributed by atoms with Crippen LogP contribution >= 0.6 is 11.8 Å². The summed E-state index contributed by atoms with van der Waals surface area (Å²) in [7, 11) is 0. The molecule has 3 rings (SSSR count). The smallest absolute Gasteiger partial charge is 0.340 e. The largest absolute Gasteiger partial charge is 0.449 e. The number of amides is 1. The van der Waals surface area contributed by atoms with Crippen molar-refractivity contribution in [3.05, 3.63) is 59.7 Å². The second-order valence-corrected chi connectivity index (χ2v) is 7.70. The highest BCUT2D eigenvalue weighted by Crippen LogP contribution is 2.27. The van der Waals surface area contributed by atoms with E-state index in [1.54, 1.807) is 48.2 Å². The molecule has 7 heteroatoms. The van der Waals surface area contributed by atoms with Gasteiger partial charge in [-0.05, 0) is 44.0 Å². The Hall–Kier alpha value is -2.82. The van der Waals surface area contributed by atoms with E-state index in [-0.39, 0.29) is 6.10 Å². The third kappa shape index (κ3) is 5.59. The number of rotatable bonds is 7. The van der Waals surface area contributed by atoms with Crippen LogP contribution in [0.1, 0.15) is 35.7 Å². The number of esters is 1. The van der Waals surface area contributed by atoms with Crippen LogP contribution < -0.4 is 5.32 Å². The van der Waals surface area contributed by atoms with Crippen LogP contribution in [0, 0.1) is 11.3 Å². The van der Waals surface area contributed by atoms with E-state index in [1.165, 1.54) is 6.92 Å². The Labute approximate surface area is 174 Å². The lowest BCUT2D eigenvalue weighted by Crippen LogP contribution is -2.30. The Kier molecular flexibility index (Phi) is 7.28. The third-order valence-corrected chi connectivity index (χ3v) is 5.72. The Morgan fingerprint density at radius 2 is 2.03 bits per heavy atom. The standard InChI is InChI=1S/C22H22N2O4S/c1-15(21(25)24-19-10-4-2-7-16(19)13-23)28-22(26)18-9-3-5-11-20(18)29-14-17-8-6-12-27-17/h2-5,7,9-11,15,17H,6,8,12,14H2,1H3,(H,24,25)/t15-,17-/m0/s1. The van der Waals surface area contributed by atoms with Crippen LogP contribution in [-0.2, 0) is 14.3 Å². The maximum absolute atomic E-state index is 12.7. The van der Waals surface area contributed by atoms with Crippen LogP contribution in [0.25, 0.3) is 0 Å². The number of nitriles is 1. The first-order valence-corrected chi connectivity index (χ1v) is 10.4. The van der Waals surface area contributed by atoms with Gasteiger partial charge in [-0.3, -0.25) is 4.79 Å². The van der Waals surface area contributed by atoms with E-state index in [0.717, 1.165) is 30.1 Å². The number of hydrogen-bond donors (Lipinski definition) is 1. The van der Waals surface area contributed by atoms with Gasteiger partial charge in [0.25, 0.3) is 5.91 Å². The van der Waals surface area contributed by atoms with E-state index >= 15 is 0 Å². The second kappa shape index (κ2) is 10.1. The monoisotopic (exact) mass is 410 g/mol. The molecule has 2 atom stereocenters. The Bertz CT molecular complexity index is 919. The Balaban J connectivity index is 1.62. The summed E-state index contributed by atoms with van der Waals surface area (Å²) >= 11 is 1.55. The van der Waals surface area contributed by atoms with Crippen LogP contribution in [0.4, 0.5) is 5.69 Å². The van der Waals surface area contributed by atoms with Gasteiger partial charge in [0.05, 0.1) is 22.9 Å². The van der Waals surface area contributed by atoms with E-state index in [1.807, 2.05) is 18.2 Å². The molecule has 0 unspecified atom stereocenters. The summed E-state index contributed by atoms with van der Waals surface area (Å²) in [6.07, 6.45) is 1.29. The van der Waals surface area contributed by atoms with Crippen molar-refractivity contribution in [1.29, 1.82) is 5.26 Å². The van der Waals surface area contributed by atoms with Gasteiger partial charge in [0.2, 0.25) is 0 Å². The van der Waals surface area contributed by atoms with Crippen molar-refractivity contribution < 1.29 is 19.1 Å². The molecule has 2 aromatic rings. The van der Waals surface area contributed by atoms with E-state index in [9.17, 15) is 9.59 Å². The van der Waals surface area contributed by atoms with Crippen LogP contribution in [0.15, 0.2) is 53.4 Å². The van der Waals surface area contributed by atoms with Gasteiger partial charge >= 0.3 is 5.97 Å². The SMILES string of the molecule is C[C@H](OC(=O)c1ccccc1SC[C@@H]1CCCO1)C(=O)Nc1ccccc1C#N. The number of carbonyl (C=O) groups is 2. The topological polar surface area (TPSA) is 88.4 Å². The molecular formula is C22H22N2O4S. The van der Waals surface area contributed by atoms with Crippen molar-refractivity contribution in [3.63, 3.8) is 0 Å². The predicted molar refractivity (Wildman–Crippen MR) is 111 cm³/mol. The molecule has 1 aliphatic heterocycles. The summed E-state index contributed by atoms with van der Waals surface area (Å²) in [5.41, 5.74) is 1.15. The van der Waals surface area contributed by atoms with Crippen molar-refractivity contribution in [2.75, 3.05) is 17.7 Å². The van der Waals surface area contributed by atoms with E-state index in [2.05, 4.69) is 5.32 Å². The fourth-order valence-electron chi connectivity index (χ4n) is 2.92. The van der Waals surface area contributed by atoms with Gasteiger partial charge in [-0.2, -0.15) is 5.26 Å². The molecule has 0 spiro atoms. The van der Waals surface area contributed by atoms with Crippen molar-refractivity contribution >= 4 is 29.3 Å². The number of benzene rings is 2. The second-order valence-electron chi connectivity index (χ2n) is 6.64. The Morgan fingerprint density at radius 1 is 1.28 bits per heavy atom. The van der Waals surface area contributed by atoms with Crippen LogP contribution in [0.5, 0.6) is 0 Å². The van der Waals surface area contributed by atoms with Gasteiger partial charge in [0.1, 0.15) is 6.07 Å². The maximum atomic E-state index is 12.7. The molecule has 1 saturated heterocycles. The summed E-state index contributed by atoms with van der Waals surface area (Å²) in [6.45, 7) is 2.29. The lowest BCUT2D eigenvalue weighted by Gasteiger charge is -2.16. The minimum absolute atomic E-state index is 0.203. The molecule has 0 aliphatic carbocycles. The van der Waals surface area contributed by atoms with Crippen LogP contribution in [0.3, 0.4) is 0 Å². The van der Waals surface area contributed by atoms with E-state index in [4.69, 9.17) is 14.7 Å². The lowest BCUT2D eigenvalue weighted by molar-refractivity contribution is -0.123. The minimum Gasteiger partial charge on any atom is -0.449 e. The number of hydrogen-bond acceptors (Lipinski definition) is 6. The predicted octanol–water partition coefficient (Wildman–Crippen LogP) is 4.01. The normalized spacial score (nSPS) is 16.6. The van der Waals surface area contributed by atoms with Gasteiger partial charge in [-0.25, -0.2) is 4.79 Å². The summed E-state index contributed by atoms with van der Waals surface area (Å²) in [6, 6.07) is 15.9. The van der Waals surface area contributed by atoms with Crippen molar-refractivity contribution in [2.45, 2.75) is 36.9 Å². The molecule has 0 saturated carbocycles. The molecule has 2 aromatic carbocycles. The summed E-state index contributed by atoms with van der Waals surface area (Å²) < 4.78 is 11.0. The molecule has 1 fully saturated rings. The van der Waals surface area contributed by atoms with E-state index in [0.29, 0.717) is 16.8 Å². The number of para-hydroxylation sites is 1. The summed E-state index contributed by atoms with van der Waals surface area (Å²) in [5.74, 6) is -0.284. The average Bonchev–Trinajstić information content (AvgIpc) is 3.26. The van der Waals surface area contributed by atoms with Crippen LogP contribution in [-0.4, -0.2) is 36.4 Å². The van der Waals surface area contributed by atoms with Gasteiger partial charge in [0, 0.05) is 17.3 Å². The third-order valence-electron chi connectivity index (χ3n) is 4.51. The molecular weight excluding hydrogens is 388 g/mol. The van der Waals surface area contributed by atoms with Gasteiger partial charge < -0.3 is 14.8 Å². The van der Waals surface area contributed by atoms with Crippen molar-refractivity contribution in [2.24, 2.45) is 0 Å². The molecule has 1 amide bonds. The zero-order valence-electron chi connectivity index (χ0n) is 16.1. The molecule has 29 heavy (non-hydrogen) atoms. The number of thioether (sulfide) groups is 1. The Morgan fingerprint density at radius 3 is 2.79 bits per heavy atom. The van der Waals surface area contributed by atoms with Crippen molar-refractivity contribution in [3.8, 4) is 6.07 Å². The molecule has 0 aromatic heterocycles. The highest BCUT2D eigenvalue weighted by Gasteiger charge is 2.22. The van der Waals surface area contributed by atoms with Crippen molar-refractivity contribution in [1.82, 2.24) is 0 Å². The average molecular weight is 410 g/mol. The molecule has 1 N–H and O–H groups in total. The fourth-order valence-corrected chi connectivity index (χ4v) is 4.03. The maximum Gasteiger partial charge on any atom is 0.340 e. The van der Waals surface area contributed by atoms with Gasteiger partial charge in [-0.1, -0.05) is 24.3 Å². The first-order chi connectivity index (χ1) is 14.1. The molecule has 6 nitrogen and oxygen atoms in total. The number of anilines is 1. The zero-order valence-corrected chi connectivity index (χ0v) is 16.9. The summed E-state index contributed by atoms with van der Waals surface area (Å²) in [5, 5.41) is 11.8. The molecule has 1 heterocycles. The number of nitrogens with one attached hydrogen (secondary N) is 1. The fraction of sp³-hybridized carbons (Fsp3) is 0.318. The summed E-state index contributed by atoms with van der Waals surface area (Å²) in [4.78, 5) is 25.9. The first kappa shape index (κ1) is 20.9. The number of carbonyl (C=O) groups excluding carboxylic acids is 2. The molecule has 1 aliphatic rings. The minimum atomic E-state index is -1.01. The highest BCUT2D eigenvalue weighted by molar-refractivity contribution is 7.99. The first-order valence-electron chi connectivity index (χ1n) is 9.43. The number of ether oxygens (including phenoxy) is 2. The quantitative estimate of drug-likeness (QED) is 0.548. The van der Waals surface area contributed by atoms with Crippen LogP contribution in [0.2, 0.25) is 0 Å². The lowest BCUT2D eigenvalue weighted by atomic mass is 10.2. The van der Waals surface area contributed by atoms with Gasteiger partial charge in [0.15, 0.2) is 6.10 Å². The number of nitrogens with zero attached hydrogens (tertiary/aromatic N) is 1. The zero-order chi connectivity index (χ0) is 20.6. The van der Waals surface area contributed by atoms with Gasteiger partial charge in [-0.15, -0.1) is 11.8 Å². The molecule has 150 valence electrons. The highest BCUT2D eigenvalue weighted by atomic mass is 32.2. The molecule has 0 radical (unpaired) electrons. The van der Waals surface area contributed by atoms with E-state index < -0.39 is 18.0 Å².